The topological polar surface area (TPSA) is 36.4 Å². The first-order valence-corrected chi connectivity index (χ1v) is 8.16. The molecule has 22 heavy (non-hydrogen) atoms. The van der Waals surface area contributed by atoms with Gasteiger partial charge in [0, 0.05) is 24.2 Å². The number of aromatic nitrogens is 1. The molecule has 1 aromatic heterocycles. The Labute approximate surface area is 131 Å². The molecule has 0 aliphatic carbocycles. The minimum Gasteiger partial charge on any atom is -0.387 e. The average Bonchev–Trinajstić information content (AvgIpc) is 2.60. The van der Waals surface area contributed by atoms with Gasteiger partial charge in [0.25, 0.3) is 0 Å². The number of aliphatic hydroxyl groups is 1. The second-order valence-electron chi connectivity index (χ2n) is 6.61. The van der Waals surface area contributed by atoms with Gasteiger partial charge in [-0.2, -0.15) is 0 Å². The normalized spacial score (nSPS) is 32.0. The molecule has 3 heteroatoms. The summed E-state index contributed by atoms with van der Waals surface area (Å²) < 4.78 is 0. The van der Waals surface area contributed by atoms with Crippen LogP contribution < -0.4 is 0 Å². The van der Waals surface area contributed by atoms with Crippen molar-refractivity contribution in [3.05, 3.63) is 54.7 Å². The fourth-order valence-corrected chi connectivity index (χ4v) is 4.29. The van der Waals surface area contributed by atoms with Crippen LogP contribution in [0.25, 0.3) is 10.9 Å². The third kappa shape index (κ3) is 2.16. The van der Waals surface area contributed by atoms with E-state index in [2.05, 4.69) is 28.6 Å². The largest absolute Gasteiger partial charge is 0.387 e. The lowest BCUT2D eigenvalue weighted by Gasteiger charge is -2.50. The maximum absolute atomic E-state index is 11.0. The number of rotatable bonds is 3. The lowest BCUT2D eigenvalue weighted by molar-refractivity contribution is -0.0444. The smallest absolute Gasteiger partial charge is 0.0952 e. The van der Waals surface area contributed by atoms with E-state index in [-0.39, 0.29) is 6.04 Å². The molecular formula is C19H22N2O. The van der Waals surface area contributed by atoms with Gasteiger partial charge in [0.05, 0.1) is 11.6 Å². The summed E-state index contributed by atoms with van der Waals surface area (Å²) in [6, 6.07) is 10.3. The van der Waals surface area contributed by atoms with Crippen LogP contribution >= 0.6 is 0 Å². The second kappa shape index (κ2) is 5.49. The molecule has 1 aromatic carbocycles. The van der Waals surface area contributed by atoms with Gasteiger partial charge in [-0.3, -0.25) is 9.88 Å². The summed E-state index contributed by atoms with van der Waals surface area (Å²) >= 11 is 0. The summed E-state index contributed by atoms with van der Waals surface area (Å²) in [5.74, 6) is 1.27. The molecule has 4 heterocycles. The minimum absolute atomic E-state index is 0.223. The van der Waals surface area contributed by atoms with Gasteiger partial charge in [-0.05, 0) is 48.9 Å². The van der Waals surface area contributed by atoms with Crippen LogP contribution in [0.15, 0.2) is 49.2 Å². The van der Waals surface area contributed by atoms with Crippen LogP contribution in [0, 0.1) is 11.8 Å². The van der Waals surface area contributed by atoms with Crippen molar-refractivity contribution in [3.8, 4) is 0 Å². The third-order valence-corrected chi connectivity index (χ3v) is 5.52. The lowest BCUT2D eigenvalue weighted by atomic mass is 9.73. The zero-order valence-corrected chi connectivity index (χ0v) is 12.7. The molecule has 3 fully saturated rings. The van der Waals surface area contributed by atoms with Crippen LogP contribution in [-0.2, 0) is 0 Å². The molecule has 5 rings (SSSR count). The molecular weight excluding hydrogens is 272 g/mol. The van der Waals surface area contributed by atoms with Gasteiger partial charge in [-0.25, -0.2) is 0 Å². The number of hydrogen-bond acceptors (Lipinski definition) is 3. The predicted octanol–water partition coefficient (Wildman–Crippen LogP) is 3.16. The molecule has 2 unspecified atom stereocenters. The number of fused-ring (bicyclic) bond motifs is 4. The maximum Gasteiger partial charge on any atom is 0.0952 e. The summed E-state index contributed by atoms with van der Waals surface area (Å²) in [7, 11) is 0. The molecule has 1 N–H and O–H groups in total. The van der Waals surface area contributed by atoms with E-state index in [1.807, 2.05) is 30.5 Å². The van der Waals surface area contributed by atoms with Crippen LogP contribution in [0.2, 0.25) is 0 Å². The van der Waals surface area contributed by atoms with E-state index < -0.39 is 6.10 Å². The van der Waals surface area contributed by atoms with E-state index in [0.717, 1.165) is 36.0 Å². The van der Waals surface area contributed by atoms with Crippen molar-refractivity contribution in [1.29, 1.82) is 0 Å². The van der Waals surface area contributed by atoms with Crippen molar-refractivity contribution >= 4 is 10.9 Å². The first-order chi connectivity index (χ1) is 10.8. The van der Waals surface area contributed by atoms with Crippen molar-refractivity contribution in [1.82, 2.24) is 9.88 Å². The highest BCUT2D eigenvalue weighted by atomic mass is 16.3. The minimum atomic E-state index is -0.443. The monoisotopic (exact) mass is 294 g/mol. The second-order valence-corrected chi connectivity index (χ2v) is 6.61. The molecule has 0 saturated carbocycles. The van der Waals surface area contributed by atoms with Crippen LogP contribution in [0.4, 0.5) is 0 Å². The summed E-state index contributed by atoms with van der Waals surface area (Å²) in [5, 5.41) is 12.1. The third-order valence-electron chi connectivity index (χ3n) is 5.52. The molecule has 3 aliphatic heterocycles. The molecule has 3 aliphatic rings. The van der Waals surface area contributed by atoms with Gasteiger partial charge < -0.3 is 5.11 Å². The Morgan fingerprint density at radius 3 is 2.95 bits per heavy atom. The molecule has 3 saturated heterocycles. The SMILES string of the molecule is C=CC1CN2CC[C@H]1C[C@@H]2[C@@H](O)c1ccnc2ccccc12. The lowest BCUT2D eigenvalue weighted by Crippen LogP contribution is -2.54. The summed E-state index contributed by atoms with van der Waals surface area (Å²) in [4.78, 5) is 6.86. The Morgan fingerprint density at radius 2 is 2.18 bits per heavy atom. The molecule has 2 bridgehead atoms. The molecule has 0 radical (unpaired) electrons. The standard InChI is InChI=1S/C19H22N2O/c1-2-13-12-21-10-8-14(13)11-18(21)19(22)16-7-9-20-17-6-4-3-5-15(16)17/h2-7,9,13-14,18-19,22H,1,8,10-12H2/t13?,14-,18+,19-/m0/s1. The Hall–Kier alpha value is -1.71. The van der Waals surface area contributed by atoms with E-state index in [4.69, 9.17) is 0 Å². The Balaban J connectivity index is 1.67. The zero-order valence-electron chi connectivity index (χ0n) is 12.7. The number of benzene rings is 1. The number of piperidine rings is 3. The molecule has 114 valence electrons. The Morgan fingerprint density at radius 1 is 1.32 bits per heavy atom. The van der Waals surface area contributed by atoms with E-state index in [1.54, 1.807) is 0 Å². The highest BCUT2D eigenvalue weighted by molar-refractivity contribution is 5.82. The van der Waals surface area contributed by atoms with Crippen LogP contribution in [-0.4, -0.2) is 34.1 Å². The quantitative estimate of drug-likeness (QED) is 0.883. The van der Waals surface area contributed by atoms with Crippen LogP contribution in [0.1, 0.15) is 24.5 Å². The van der Waals surface area contributed by atoms with E-state index in [9.17, 15) is 5.11 Å². The van der Waals surface area contributed by atoms with Crippen molar-refractivity contribution in [3.63, 3.8) is 0 Å². The van der Waals surface area contributed by atoms with E-state index in [0.29, 0.717) is 11.8 Å². The maximum atomic E-state index is 11.0. The number of aliphatic hydroxyl groups excluding tert-OH is 1. The van der Waals surface area contributed by atoms with Gasteiger partial charge in [0.15, 0.2) is 0 Å². The van der Waals surface area contributed by atoms with Gasteiger partial charge in [-0.1, -0.05) is 24.3 Å². The molecule has 0 spiro atoms. The summed E-state index contributed by atoms with van der Waals surface area (Å²) in [6.07, 6.45) is 5.76. The fourth-order valence-electron chi connectivity index (χ4n) is 4.29. The number of hydrogen-bond donors (Lipinski definition) is 1. The zero-order chi connectivity index (χ0) is 15.1. The number of nitrogens with zero attached hydrogens (tertiary/aromatic N) is 2. The molecule has 0 amide bonds. The highest BCUT2D eigenvalue weighted by Crippen LogP contribution is 2.41. The molecule has 5 atom stereocenters. The number of pyridine rings is 1. The van der Waals surface area contributed by atoms with Gasteiger partial charge in [-0.15, -0.1) is 6.58 Å². The Bertz CT molecular complexity index is 693. The first-order valence-electron chi connectivity index (χ1n) is 8.16. The average molecular weight is 294 g/mol. The summed E-state index contributed by atoms with van der Waals surface area (Å²) in [6.45, 7) is 6.11. The van der Waals surface area contributed by atoms with Crippen LogP contribution in [0.5, 0.6) is 0 Å². The van der Waals surface area contributed by atoms with E-state index in [1.165, 1.54) is 6.42 Å². The molecule has 3 nitrogen and oxygen atoms in total. The van der Waals surface area contributed by atoms with Gasteiger partial charge >= 0.3 is 0 Å². The molecule has 2 aromatic rings. The van der Waals surface area contributed by atoms with Crippen molar-refractivity contribution < 1.29 is 5.11 Å². The number of para-hydroxylation sites is 1. The van der Waals surface area contributed by atoms with Crippen molar-refractivity contribution in [2.24, 2.45) is 11.8 Å². The fraction of sp³-hybridized carbons (Fsp3) is 0.421. The summed E-state index contributed by atoms with van der Waals surface area (Å²) in [5.41, 5.74) is 1.97. The Kier molecular flexibility index (Phi) is 3.47. The van der Waals surface area contributed by atoms with Gasteiger partial charge in [0.1, 0.15) is 0 Å². The van der Waals surface area contributed by atoms with Crippen LogP contribution in [0.3, 0.4) is 0 Å². The van der Waals surface area contributed by atoms with E-state index >= 15 is 0 Å². The predicted molar refractivity (Wildman–Crippen MR) is 88.5 cm³/mol. The van der Waals surface area contributed by atoms with Gasteiger partial charge in [0.2, 0.25) is 0 Å². The van der Waals surface area contributed by atoms with Crippen molar-refractivity contribution in [2.75, 3.05) is 13.1 Å². The first kappa shape index (κ1) is 13.9. The highest BCUT2D eigenvalue weighted by Gasteiger charge is 2.42. The van der Waals surface area contributed by atoms with Crippen molar-refractivity contribution in [2.45, 2.75) is 25.0 Å².